The van der Waals surface area contributed by atoms with Gasteiger partial charge >= 0.3 is 0 Å². The third-order valence-electron chi connectivity index (χ3n) is 4.52. The summed E-state index contributed by atoms with van der Waals surface area (Å²) in [7, 11) is 0. The van der Waals surface area contributed by atoms with Crippen molar-refractivity contribution in [1.82, 2.24) is 15.2 Å². The predicted octanol–water partition coefficient (Wildman–Crippen LogP) is 2.26. The minimum absolute atomic E-state index is 0.193. The Morgan fingerprint density at radius 2 is 2.14 bits per heavy atom. The molecule has 2 heterocycles. The fourth-order valence-electron chi connectivity index (χ4n) is 3.39. The Morgan fingerprint density at radius 1 is 1.36 bits per heavy atom. The average Bonchev–Trinajstić information content (AvgIpc) is 3.14. The van der Waals surface area contributed by atoms with Crippen molar-refractivity contribution in [2.24, 2.45) is 5.92 Å². The third kappa shape index (κ3) is 3.40. The fourth-order valence-corrected chi connectivity index (χ4v) is 3.56. The predicted molar refractivity (Wildman–Crippen MR) is 83.7 cm³/mol. The molecule has 2 amide bonds. The van der Waals surface area contributed by atoms with Crippen LogP contribution in [-0.4, -0.2) is 40.8 Å². The first-order valence-corrected chi connectivity index (χ1v) is 8.19. The van der Waals surface area contributed by atoms with Crippen molar-refractivity contribution in [3.05, 3.63) is 29.0 Å². The second-order valence-corrected chi connectivity index (χ2v) is 6.59. The van der Waals surface area contributed by atoms with Crippen molar-refractivity contribution in [2.75, 3.05) is 13.1 Å². The molecule has 5 nitrogen and oxygen atoms in total. The molecule has 1 aliphatic carbocycles. The van der Waals surface area contributed by atoms with E-state index in [4.69, 9.17) is 11.6 Å². The first-order valence-electron chi connectivity index (χ1n) is 7.81. The molecule has 0 aromatic carbocycles. The van der Waals surface area contributed by atoms with Gasteiger partial charge in [-0.25, -0.2) is 0 Å². The molecule has 1 unspecified atom stereocenters. The fraction of sp³-hybridized carbons (Fsp3) is 0.562. The number of hydrogen-bond acceptors (Lipinski definition) is 3. The van der Waals surface area contributed by atoms with E-state index in [1.54, 1.807) is 6.07 Å². The van der Waals surface area contributed by atoms with Gasteiger partial charge in [0.1, 0.15) is 0 Å². The Bertz CT molecular complexity index is 572. The molecule has 1 aromatic heterocycles. The molecule has 2 fully saturated rings. The molecule has 2 aliphatic rings. The number of nitrogens with one attached hydrogen (secondary N) is 1. The maximum Gasteiger partial charge on any atom is 0.252 e. The summed E-state index contributed by atoms with van der Waals surface area (Å²) in [5.74, 6) is 0.238. The van der Waals surface area contributed by atoms with E-state index in [2.05, 4.69) is 10.3 Å². The van der Waals surface area contributed by atoms with Crippen molar-refractivity contribution in [3.63, 3.8) is 0 Å². The monoisotopic (exact) mass is 321 g/mol. The van der Waals surface area contributed by atoms with Gasteiger partial charge in [-0.3, -0.25) is 14.6 Å². The molecular formula is C16H20ClN3O2. The van der Waals surface area contributed by atoms with E-state index in [1.807, 2.05) is 4.90 Å². The molecule has 22 heavy (non-hydrogen) atoms. The van der Waals surface area contributed by atoms with Gasteiger partial charge in [-0.15, -0.1) is 0 Å². The largest absolute Gasteiger partial charge is 0.352 e. The van der Waals surface area contributed by atoms with Gasteiger partial charge in [0, 0.05) is 43.9 Å². The van der Waals surface area contributed by atoms with Crippen LogP contribution in [0.15, 0.2) is 18.5 Å². The maximum atomic E-state index is 12.1. The number of likely N-dealkylation sites (tertiary alicyclic amines) is 1. The standard InChI is InChI=1S/C16H20ClN3O2/c17-13-6-12(8-18-9-13)16(22)19-7-11-5-15(21)20(10-11)14-3-1-2-4-14/h6,8-9,11,14H,1-5,7,10H2,(H,19,22). The highest BCUT2D eigenvalue weighted by atomic mass is 35.5. The first kappa shape index (κ1) is 15.3. The van der Waals surface area contributed by atoms with Crippen LogP contribution in [0.1, 0.15) is 42.5 Å². The van der Waals surface area contributed by atoms with Crippen LogP contribution in [0, 0.1) is 5.92 Å². The van der Waals surface area contributed by atoms with Crippen molar-refractivity contribution in [1.29, 1.82) is 0 Å². The summed E-state index contributed by atoms with van der Waals surface area (Å²) in [5, 5.41) is 3.32. The summed E-state index contributed by atoms with van der Waals surface area (Å²) >= 11 is 5.83. The Labute approximate surface area is 135 Å². The van der Waals surface area contributed by atoms with Gasteiger partial charge in [-0.05, 0) is 18.9 Å². The van der Waals surface area contributed by atoms with E-state index in [-0.39, 0.29) is 17.7 Å². The summed E-state index contributed by atoms with van der Waals surface area (Å²) in [5.41, 5.74) is 0.449. The Hall–Kier alpha value is -1.62. The van der Waals surface area contributed by atoms with Crippen LogP contribution in [0.2, 0.25) is 5.02 Å². The summed E-state index contributed by atoms with van der Waals surface area (Å²) < 4.78 is 0. The van der Waals surface area contributed by atoms with Gasteiger partial charge in [0.15, 0.2) is 0 Å². The van der Waals surface area contributed by atoms with Crippen molar-refractivity contribution < 1.29 is 9.59 Å². The summed E-state index contributed by atoms with van der Waals surface area (Å²) in [6.07, 6.45) is 8.21. The van der Waals surface area contributed by atoms with E-state index in [0.717, 1.165) is 19.4 Å². The van der Waals surface area contributed by atoms with Gasteiger partial charge in [0.2, 0.25) is 5.91 Å². The molecule has 1 aromatic rings. The number of pyridine rings is 1. The van der Waals surface area contributed by atoms with E-state index < -0.39 is 0 Å². The van der Waals surface area contributed by atoms with Crippen LogP contribution >= 0.6 is 11.6 Å². The Balaban J connectivity index is 1.52. The number of halogens is 1. The summed E-state index contributed by atoms with van der Waals surface area (Å²) in [6, 6.07) is 2.01. The second-order valence-electron chi connectivity index (χ2n) is 6.16. The number of nitrogens with zero attached hydrogens (tertiary/aromatic N) is 2. The van der Waals surface area contributed by atoms with Crippen LogP contribution < -0.4 is 5.32 Å². The minimum atomic E-state index is -0.193. The zero-order chi connectivity index (χ0) is 15.5. The third-order valence-corrected chi connectivity index (χ3v) is 4.73. The highest BCUT2D eigenvalue weighted by Gasteiger charge is 2.35. The molecule has 1 saturated heterocycles. The number of carbonyl (C=O) groups excluding carboxylic acids is 2. The van der Waals surface area contributed by atoms with Crippen molar-refractivity contribution in [2.45, 2.75) is 38.1 Å². The van der Waals surface area contributed by atoms with Crippen LogP contribution in [0.4, 0.5) is 0 Å². The zero-order valence-corrected chi connectivity index (χ0v) is 13.2. The normalized spacial score (nSPS) is 22.3. The molecule has 1 aliphatic heterocycles. The molecular weight excluding hydrogens is 302 g/mol. The second kappa shape index (κ2) is 6.65. The smallest absolute Gasteiger partial charge is 0.252 e. The van der Waals surface area contributed by atoms with Gasteiger partial charge in [-0.1, -0.05) is 24.4 Å². The quantitative estimate of drug-likeness (QED) is 0.925. The number of hydrogen-bond donors (Lipinski definition) is 1. The molecule has 1 atom stereocenters. The zero-order valence-electron chi connectivity index (χ0n) is 12.4. The SMILES string of the molecule is O=C(NCC1CC(=O)N(C2CCCC2)C1)c1cncc(Cl)c1. The topological polar surface area (TPSA) is 62.3 Å². The number of aromatic nitrogens is 1. The number of rotatable bonds is 4. The van der Waals surface area contributed by atoms with Crippen LogP contribution in [0.3, 0.4) is 0 Å². The number of amides is 2. The summed E-state index contributed by atoms with van der Waals surface area (Å²) in [6.45, 7) is 1.28. The first-order chi connectivity index (χ1) is 10.6. The molecule has 1 N–H and O–H groups in total. The van der Waals surface area contributed by atoms with Gasteiger partial charge in [-0.2, -0.15) is 0 Å². The van der Waals surface area contributed by atoms with Crippen LogP contribution in [0.5, 0.6) is 0 Å². The lowest BCUT2D eigenvalue weighted by Crippen LogP contribution is -2.36. The molecule has 0 radical (unpaired) electrons. The highest BCUT2D eigenvalue weighted by Crippen LogP contribution is 2.29. The van der Waals surface area contributed by atoms with Gasteiger partial charge < -0.3 is 10.2 Å². The van der Waals surface area contributed by atoms with Crippen LogP contribution in [-0.2, 0) is 4.79 Å². The lowest BCUT2D eigenvalue weighted by molar-refractivity contribution is -0.129. The maximum absolute atomic E-state index is 12.1. The van der Waals surface area contributed by atoms with E-state index in [0.29, 0.717) is 29.6 Å². The highest BCUT2D eigenvalue weighted by molar-refractivity contribution is 6.30. The number of carbonyl (C=O) groups is 2. The molecule has 1 saturated carbocycles. The molecule has 6 heteroatoms. The molecule has 118 valence electrons. The van der Waals surface area contributed by atoms with Crippen molar-refractivity contribution >= 4 is 23.4 Å². The van der Waals surface area contributed by atoms with E-state index >= 15 is 0 Å². The summed E-state index contributed by atoms with van der Waals surface area (Å²) in [4.78, 5) is 30.1. The molecule has 3 rings (SSSR count). The Morgan fingerprint density at radius 3 is 2.86 bits per heavy atom. The van der Waals surface area contributed by atoms with Gasteiger partial charge in [0.05, 0.1) is 10.6 Å². The lowest BCUT2D eigenvalue weighted by atomic mass is 10.1. The van der Waals surface area contributed by atoms with E-state index in [9.17, 15) is 9.59 Å². The van der Waals surface area contributed by atoms with E-state index in [1.165, 1.54) is 25.2 Å². The Kier molecular flexibility index (Phi) is 4.62. The lowest BCUT2D eigenvalue weighted by Gasteiger charge is -2.24. The van der Waals surface area contributed by atoms with Crippen LogP contribution in [0.25, 0.3) is 0 Å². The van der Waals surface area contributed by atoms with Gasteiger partial charge in [0.25, 0.3) is 5.91 Å². The minimum Gasteiger partial charge on any atom is -0.352 e. The van der Waals surface area contributed by atoms with Crippen molar-refractivity contribution in [3.8, 4) is 0 Å². The molecule has 0 bridgehead atoms. The molecule has 0 spiro atoms. The average molecular weight is 322 g/mol.